The molecule has 0 aromatic heterocycles. The first-order chi connectivity index (χ1) is 13.5. The first-order valence-electron chi connectivity index (χ1n) is 9.51. The van der Waals surface area contributed by atoms with Crippen molar-refractivity contribution in [2.24, 2.45) is 5.92 Å². The van der Waals surface area contributed by atoms with Crippen molar-refractivity contribution in [2.45, 2.75) is 19.8 Å². The minimum atomic E-state index is -0.740. The summed E-state index contributed by atoms with van der Waals surface area (Å²) >= 11 is 0. The summed E-state index contributed by atoms with van der Waals surface area (Å²) in [5.41, 5.74) is 0.347. The van der Waals surface area contributed by atoms with E-state index in [1.165, 1.54) is 12.1 Å². The Morgan fingerprint density at radius 2 is 1.89 bits per heavy atom. The number of carbonyl (C=O) groups is 2. The normalized spacial score (nSPS) is 18.0. The number of rotatable bonds is 5. The van der Waals surface area contributed by atoms with Crippen LogP contribution in [0.2, 0.25) is 0 Å². The Hall–Kier alpha value is -2.68. The highest BCUT2D eigenvalue weighted by molar-refractivity contribution is 5.93. The highest BCUT2D eigenvalue weighted by Crippen LogP contribution is 2.30. The fraction of sp³-hybridized carbons (Fsp3) is 0.579. The van der Waals surface area contributed by atoms with Gasteiger partial charge in [0.05, 0.1) is 23.7 Å². The second-order valence-electron chi connectivity index (χ2n) is 7.20. The predicted molar refractivity (Wildman–Crippen MR) is 101 cm³/mol. The smallest absolute Gasteiger partial charge is 0.338 e. The molecular weight excluding hydrogens is 366 g/mol. The van der Waals surface area contributed by atoms with E-state index >= 15 is 0 Å². The number of ether oxygens (including phenoxy) is 2. The van der Waals surface area contributed by atoms with Gasteiger partial charge in [0, 0.05) is 32.2 Å². The van der Waals surface area contributed by atoms with Crippen molar-refractivity contribution in [1.82, 2.24) is 4.90 Å². The van der Waals surface area contributed by atoms with Crippen LogP contribution in [0, 0.1) is 16.0 Å². The Morgan fingerprint density at radius 3 is 2.54 bits per heavy atom. The van der Waals surface area contributed by atoms with Crippen molar-refractivity contribution in [3.8, 4) is 0 Å². The van der Waals surface area contributed by atoms with Crippen LogP contribution < -0.4 is 4.90 Å². The van der Waals surface area contributed by atoms with Gasteiger partial charge in [0.1, 0.15) is 5.69 Å². The molecule has 9 nitrogen and oxygen atoms in total. The van der Waals surface area contributed by atoms with E-state index in [1.807, 2.05) is 4.90 Å². The molecule has 2 saturated heterocycles. The number of hydrogen-bond acceptors (Lipinski definition) is 7. The summed E-state index contributed by atoms with van der Waals surface area (Å²) < 4.78 is 10.4. The summed E-state index contributed by atoms with van der Waals surface area (Å²) in [6.07, 6.45) is 1.88. The highest BCUT2D eigenvalue weighted by atomic mass is 16.6. The SMILES string of the molecule is CC1CCN(C(=O)COC(=O)c2ccc(N3CCOCC3)c([N+](=O)[O-])c2)CC1. The summed E-state index contributed by atoms with van der Waals surface area (Å²) in [5, 5.41) is 11.5. The Kier molecular flexibility index (Phi) is 6.45. The summed E-state index contributed by atoms with van der Waals surface area (Å²) in [7, 11) is 0. The Labute approximate surface area is 163 Å². The lowest BCUT2D eigenvalue weighted by Gasteiger charge is -2.30. The molecular formula is C19H25N3O6. The third-order valence-electron chi connectivity index (χ3n) is 5.22. The molecule has 152 valence electrons. The van der Waals surface area contributed by atoms with Crippen LogP contribution >= 0.6 is 0 Å². The van der Waals surface area contributed by atoms with E-state index in [2.05, 4.69) is 6.92 Å². The molecule has 0 unspecified atom stereocenters. The van der Waals surface area contributed by atoms with Crippen LogP contribution in [0.3, 0.4) is 0 Å². The van der Waals surface area contributed by atoms with Crippen LogP contribution in [0.25, 0.3) is 0 Å². The van der Waals surface area contributed by atoms with Crippen molar-refractivity contribution < 1.29 is 24.0 Å². The maximum absolute atomic E-state index is 12.3. The lowest BCUT2D eigenvalue weighted by atomic mass is 9.99. The molecule has 1 aromatic carbocycles. The lowest BCUT2D eigenvalue weighted by molar-refractivity contribution is -0.384. The number of benzene rings is 1. The molecule has 3 rings (SSSR count). The number of anilines is 1. The minimum absolute atomic E-state index is 0.0591. The number of piperidine rings is 1. The van der Waals surface area contributed by atoms with Gasteiger partial charge >= 0.3 is 5.97 Å². The van der Waals surface area contributed by atoms with Gasteiger partial charge in [-0.2, -0.15) is 0 Å². The number of carbonyl (C=O) groups excluding carboxylic acids is 2. The first kappa shape index (κ1) is 20.1. The largest absolute Gasteiger partial charge is 0.452 e. The number of nitro groups is 1. The van der Waals surface area contributed by atoms with Crippen LogP contribution in [0.1, 0.15) is 30.1 Å². The molecule has 9 heteroatoms. The van der Waals surface area contributed by atoms with Gasteiger partial charge in [0.25, 0.3) is 11.6 Å². The fourth-order valence-corrected chi connectivity index (χ4v) is 3.43. The number of hydrogen-bond donors (Lipinski definition) is 0. The minimum Gasteiger partial charge on any atom is -0.452 e. The first-order valence-corrected chi connectivity index (χ1v) is 9.51. The van der Waals surface area contributed by atoms with Crippen molar-refractivity contribution in [3.63, 3.8) is 0 Å². The molecule has 0 radical (unpaired) electrons. The molecule has 0 saturated carbocycles. The van der Waals surface area contributed by atoms with Gasteiger partial charge in [0.2, 0.25) is 0 Å². The third-order valence-corrected chi connectivity index (χ3v) is 5.22. The van der Waals surface area contributed by atoms with E-state index in [4.69, 9.17) is 9.47 Å². The second kappa shape index (κ2) is 9.01. The summed E-state index contributed by atoms with van der Waals surface area (Å²) in [6.45, 7) is 5.22. The van der Waals surface area contributed by atoms with Crippen LogP contribution in [0.15, 0.2) is 18.2 Å². The van der Waals surface area contributed by atoms with E-state index in [0.29, 0.717) is 51.0 Å². The molecule has 0 N–H and O–H groups in total. The molecule has 2 heterocycles. The van der Waals surface area contributed by atoms with Gasteiger partial charge in [-0.1, -0.05) is 6.92 Å². The number of nitrogens with zero attached hydrogens (tertiary/aromatic N) is 3. The predicted octanol–water partition coefficient (Wildman–Crippen LogP) is 1.85. The van der Waals surface area contributed by atoms with Crippen LogP contribution in [0.5, 0.6) is 0 Å². The summed E-state index contributed by atoms with van der Waals surface area (Å²) in [5.74, 6) is -0.382. The Balaban J connectivity index is 1.63. The molecule has 2 aliphatic rings. The molecule has 0 spiro atoms. The average molecular weight is 391 g/mol. The number of amides is 1. The standard InChI is InChI=1S/C19H25N3O6/c1-14-4-6-21(7-5-14)18(23)13-28-19(24)15-2-3-16(17(12-15)22(25)26)20-8-10-27-11-9-20/h2-3,12,14H,4-11,13H2,1H3. The maximum atomic E-state index is 12.3. The summed E-state index contributed by atoms with van der Waals surface area (Å²) in [4.78, 5) is 39.0. The van der Waals surface area contributed by atoms with Gasteiger partial charge in [-0.15, -0.1) is 0 Å². The molecule has 2 fully saturated rings. The van der Waals surface area contributed by atoms with Crippen LogP contribution in [0.4, 0.5) is 11.4 Å². The van der Waals surface area contributed by atoms with Crippen molar-refractivity contribution >= 4 is 23.3 Å². The summed E-state index contributed by atoms with van der Waals surface area (Å²) in [6, 6.07) is 4.25. The van der Waals surface area contributed by atoms with Gasteiger partial charge in [0.15, 0.2) is 6.61 Å². The molecule has 1 aromatic rings. The van der Waals surface area contributed by atoms with Crippen molar-refractivity contribution in [1.29, 1.82) is 0 Å². The van der Waals surface area contributed by atoms with Gasteiger partial charge in [-0.05, 0) is 30.9 Å². The number of nitro benzene ring substituents is 1. The maximum Gasteiger partial charge on any atom is 0.338 e. The quantitative estimate of drug-likeness (QED) is 0.429. The zero-order valence-corrected chi connectivity index (χ0v) is 16.0. The average Bonchev–Trinajstić information content (AvgIpc) is 2.72. The topological polar surface area (TPSA) is 102 Å². The van der Waals surface area contributed by atoms with Gasteiger partial charge in [-0.3, -0.25) is 14.9 Å². The highest BCUT2D eigenvalue weighted by Gasteiger charge is 2.25. The van der Waals surface area contributed by atoms with Crippen LogP contribution in [-0.2, 0) is 14.3 Å². The number of morpholine rings is 1. The zero-order chi connectivity index (χ0) is 20.1. The molecule has 28 heavy (non-hydrogen) atoms. The van der Waals surface area contributed by atoms with E-state index in [-0.39, 0.29) is 23.8 Å². The van der Waals surface area contributed by atoms with Gasteiger partial charge < -0.3 is 19.3 Å². The van der Waals surface area contributed by atoms with Gasteiger partial charge in [-0.25, -0.2) is 4.79 Å². The zero-order valence-electron chi connectivity index (χ0n) is 16.0. The van der Waals surface area contributed by atoms with E-state index < -0.39 is 10.9 Å². The van der Waals surface area contributed by atoms with Crippen molar-refractivity contribution in [2.75, 3.05) is 50.9 Å². The second-order valence-corrected chi connectivity index (χ2v) is 7.20. The van der Waals surface area contributed by atoms with Crippen molar-refractivity contribution in [3.05, 3.63) is 33.9 Å². The van der Waals surface area contributed by atoms with Crippen LogP contribution in [-0.4, -0.2) is 67.7 Å². The Bertz CT molecular complexity index is 739. The van der Waals surface area contributed by atoms with E-state index in [1.54, 1.807) is 11.0 Å². The monoisotopic (exact) mass is 391 g/mol. The molecule has 0 atom stereocenters. The third kappa shape index (κ3) is 4.78. The number of esters is 1. The number of likely N-dealkylation sites (tertiary alicyclic amines) is 1. The molecule has 2 aliphatic heterocycles. The molecule has 0 aliphatic carbocycles. The fourth-order valence-electron chi connectivity index (χ4n) is 3.43. The van der Waals surface area contributed by atoms with E-state index in [9.17, 15) is 19.7 Å². The van der Waals surface area contributed by atoms with E-state index in [0.717, 1.165) is 12.8 Å². The molecule has 0 bridgehead atoms. The lowest BCUT2D eigenvalue weighted by Crippen LogP contribution is -2.40. The molecule has 1 amide bonds. The Morgan fingerprint density at radius 1 is 1.21 bits per heavy atom.